The zero-order valence-electron chi connectivity index (χ0n) is 25.3. The number of aliphatic hydroxyl groups is 1. The molecule has 240 valence electrons. The Morgan fingerprint density at radius 2 is 1.77 bits per heavy atom. The van der Waals surface area contributed by atoms with E-state index in [1.54, 1.807) is 0 Å². The summed E-state index contributed by atoms with van der Waals surface area (Å²) < 4.78 is 32.1. The molecule has 0 bridgehead atoms. The molecule has 4 heterocycles. The van der Waals surface area contributed by atoms with E-state index >= 15 is 0 Å². The maximum Gasteiger partial charge on any atom is 0.323 e. The first-order valence-electron chi connectivity index (χ1n) is 14.8. The zero-order valence-corrected chi connectivity index (χ0v) is 26.2. The van der Waals surface area contributed by atoms with Gasteiger partial charge in [-0.3, -0.25) is 18.9 Å². The topological polar surface area (TPSA) is 196 Å². The lowest BCUT2D eigenvalue weighted by atomic mass is 10.2. The maximum absolute atomic E-state index is 14.1. The fourth-order valence-electron chi connectivity index (χ4n) is 4.63. The van der Waals surface area contributed by atoms with Crippen LogP contribution in [0.5, 0.6) is 0 Å². The summed E-state index contributed by atoms with van der Waals surface area (Å²) in [5, 5.41) is 24.2. The molecule has 0 spiro atoms. The third-order valence-corrected chi connectivity index (χ3v) is 9.12. The molecule has 0 unspecified atom stereocenters. The van der Waals surface area contributed by atoms with Gasteiger partial charge in [-0.25, -0.2) is 24.8 Å². The Balaban J connectivity index is 1.52. The van der Waals surface area contributed by atoms with E-state index in [0.717, 1.165) is 12.8 Å². The van der Waals surface area contributed by atoms with Crippen molar-refractivity contribution in [2.75, 3.05) is 18.5 Å². The summed E-state index contributed by atoms with van der Waals surface area (Å²) in [6.07, 6.45) is 6.18. The van der Waals surface area contributed by atoms with E-state index in [-0.39, 0.29) is 31.4 Å². The summed E-state index contributed by atoms with van der Waals surface area (Å²) >= 11 is 0. The minimum absolute atomic E-state index is 0.131. The summed E-state index contributed by atoms with van der Waals surface area (Å²) in [6.45, 7) is 7.46. The van der Waals surface area contributed by atoms with Gasteiger partial charge in [0.1, 0.15) is 30.3 Å². The van der Waals surface area contributed by atoms with Crippen LogP contribution in [0.3, 0.4) is 0 Å². The van der Waals surface area contributed by atoms with Gasteiger partial charge in [0, 0.05) is 18.3 Å². The first-order valence-corrected chi connectivity index (χ1v) is 16.6. The second-order valence-corrected chi connectivity index (χ2v) is 12.8. The molecule has 0 aliphatic carbocycles. The average Bonchev–Trinajstić information content (AvgIpc) is 3.49. The van der Waals surface area contributed by atoms with E-state index in [2.05, 4.69) is 30.6 Å². The van der Waals surface area contributed by atoms with Crippen LogP contribution in [0, 0.1) is 0 Å². The number of carbonyl (C=O) groups is 3. The van der Waals surface area contributed by atoms with Gasteiger partial charge in [-0.15, -0.1) is 0 Å². The molecule has 1 saturated heterocycles. The SMILES string of the molecule is CCCCOC(=O)[C@H](C)NP(=O)(/C=C/[C@@H]1C[C@@H](O)[C@H](n2nc3c4c(ncnc42)NC(=O)C=C3)O1)N[C@@H](C)C(=O)OCCCC. The molecule has 4 N–H and O–H groups in total. The van der Waals surface area contributed by atoms with E-state index in [0.29, 0.717) is 29.6 Å². The molecule has 2 aromatic heterocycles. The molecule has 16 heteroatoms. The number of rotatable bonds is 15. The minimum Gasteiger partial charge on any atom is -0.465 e. The lowest BCUT2D eigenvalue weighted by Crippen LogP contribution is -2.41. The predicted octanol–water partition coefficient (Wildman–Crippen LogP) is 2.79. The van der Waals surface area contributed by atoms with E-state index in [9.17, 15) is 24.1 Å². The lowest BCUT2D eigenvalue weighted by molar-refractivity contribution is -0.145. The number of ether oxygens (including phenoxy) is 3. The smallest absolute Gasteiger partial charge is 0.323 e. The molecule has 2 aromatic rings. The van der Waals surface area contributed by atoms with Crippen molar-refractivity contribution >= 4 is 48.2 Å². The Morgan fingerprint density at radius 1 is 1.14 bits per heavy atom. The highest BCUT2D eigenvalue weighted by Gasteiger charge is 2.38. The number of nitrogens with zero attached hydrogens (tertiary/aromatic N) is 4. The maximum atomic E-state index is 14.1. The van der Waals surface area contributed by atoms with Crippen molar-refractivity contribution in [1.29, 1.82) is 0 Å². The Bertz CT molecular complexity index is 1430. The third kappa shape index (κ3) is 8.16. The number of carbonyl (C=O) groups excluding carboxylic acids is 3. The largest absolute Gasteiger partial charge is 0.465 e. The number of hydrogen-bond donors (Lipinski definition) is 4. The fraction of sp³-hybridized carbons (Fsp3) is 0.571. The molecule has 1 amide bonds. The Labute approximate surface area is 255 Å². The highest BCUT2D eigenvalue weighted by molar-refractivity contribution is 7.63. The molecule has 0 aromatic carbocycles. The van der Waals surface area contributed by atoms with Gasteiger partial charge in [-0.2, -0.15) is 5.10 Å². The summed E-state index contributed by atoms with van der Waals surface area (Å²) in [4.78, 5) is 45.5. The van der Waals surface area contributed by atoms with Gasteiger partial charge in [0.05, 0.1) is 30.4 Å². The standard InChI is InChI=1S/C28H40N7O8P/c1-5-7-12-41-27(38)17(3)33-44(40,34-18(4)28(39)42-13-8-6-2)14-11-19-15-21(36)26(43-19)35-25-23-20(32-35)9-10-22(37)31-24(23)29-16-30-25/h9-11,14,16-19,21,26,36H,5-8,12-13,15H2,1-4H3,(H2,33,34,40)(H,29,30,31,37)/b14-11+/t17-,18-,19+,21+,26+/m0/s1. The zero-order chi connectivity index (χ0) is 31.9. The molecule has 15 nitrogen and oxygen atoms in total. The Hall–Kier alpha value is -3.49. The van der Waals surface area contributed by atoms with Gasteiger partial charge < -0.3 is 24.6 Å². The number of aliphatic hydroxyl groups excluding tert-OH is 1. The van der Waals surface area contributed by atoms with E-state index in [1.807, 2.05) is 13.8 Å². The number of unbranched alkanes of at least 4 members (excludes halogenated alkanes) is 2. The predicted molar refractivity (Wildman–Crippen MR) is 161 cm³/mol. The molecule has 4 rings (SSSR count). The summed E-state index contributed by atoms with van der Waals surface area (Å²) in [5.41, 5.74) is 0.784. The van der Waals surface area contributed by atoms with E-state index in [1.165, 1.54) is 48.9 Å². The van der Waals surface area contributed by atoms with Crippen LogP contribution in [0.15, 0.2) is 24.3 Å². The van der Waals surface area contributed by atoms with Gasteiger partial charge in [0.15, 0.2) is 11.9 Å². The molecular formula is C28H40N7O8P. The van der Waals surface area contributed by atoms with Crippen molar-refractivity contribution in [1.82, 2.24) is 29.9 Å². The van der Waals surface area contributed by atoms with Gasteiger partial charge in [-0.1, -0.05) is 26.7 Å². The number of amides is 1. The second-order valence-electron chi connectivity index (χ2n) is 10.7. The first kappa shape index (κ1) is 33.4. The first-order chi connectivity index (χ1) is 21.0. The van der Waals surface area contributed by atoms with Crippen LogP contribution in [0.4, 0.5) is 5.82 Å². The summed E-state index contributed by atoms with van der Waals surface area (Å²) in [5.74, 6) is 0.0946. The molecule has 44 heavy (non-hydrogen) atoms. The Morgan fingerprint density at radius 3 is 2.39 bits per heavy atom. The normalized spacial score (nSPS) is 21.3. The highest BCUT2D eigenvalue weighted by atomic mass is 31.2. The van der Waals surface area contributed by atoms with Gasteiger partial charge in [0.25, 0.3) is 0 Å². The van der Waals surface area contributed by atoms with Gasteiger partial charge in [0.2, 0.25) is 13.4 Å². The number of anilines is 1. The molecule has 1 fully saturated rings. The van der Waals surface area contributed by atoms with Crippen LogP contribution in [0.25, 0.3) is 17.1 Å². The molecule has 0 radical (unpaired) electrons. The van der Waals surface area contributed by atoms with Crippen molar-refractivity contribution in [3.8, 4) is 0 Å². The highest BCUT2D eigenvalue weighted by Crippen LogP contribution is 2.41. The van der Waals surface area contributed by atoms with Crippen molar-refractivity contribution in [3.63, 3.8) is 0 Å². The number of esters is 2. The minimum atomic E-state index is -3.77. The molecule has 0 saturated carbocycles. The lowest BCUT2D eigenvalue weighted by Gasteiger charge is -2.24. The van der Waals surface area contributed by atoms with Crippen molar-refractivity contribution in [3.05, 3.63) is 30.0 Å². The van der Waals surface area contributed by atoms with Gasteiger partial charge in [-0.05, 0) is 38.8 Å². The summed E-state index contributed by atoms with van der Waals surface area (Å²) in [6, 6.07) is -1.92. The molecular weight excluding hydrogens is 593 g/mol. The average molecular weight is 634 g/mol. The van der Waals surface area contributed by atoms with E-state index < -0.39 is 49.9 Å². The molecule has 5 atom stereocenters. The molecule has 2 aliphatic rings. The Kier molecular flexibility index (Phi) is 11.4. The fourth-order valence-corrected chi connectivity index (χ4v) is 6.67. The van der Waals surface area contributed by atoms with Gasteiger partial charge >= 0.3 is 11.9 Å². The van der Waals surface area contributed by atoms with Crippen molar-refractivity contribution < 1.29 is 38.3 Å². The number of aromatic nitrogens is 4. The second kappa shape index (κ2) is 15.0. The quantitative estimate of drug-likeness (QED) is 0.127. The van der Waals surface area contributed by atoms with Crippen LogP contribution >= 0.6 is 7.44 Å². The van der Waals surface area contributed by atoms with Crippen LogP contribution in [-0.2, 0) is 33.2 Å². The number of nitrogens with one attached hydrogen (secondary N) is 3. The van der Waals surface area contributed by atoms with Crippen molar-refractivity contribution in [2.24, 2.45) is 0 Å². The van der Waals surface area contributed by atoms with Crippen LogP contribution in [0.1, 0.15) is 71.7 Å². The van der Waals surface area contributed by atoms with E-state index in [4.69, 9.17) is 14.2 Å². The summed E-state index contributed by atoms with van der Waals surface area (Å²) in [7, 11) is -3.77. The van der Waals surface area contributed by atoms with Crippen LogP contribution < -0.4 is 15.5 Å². The van der Waals surface area contributed by atoms with Crippen LogP contribution in [0.2, 0.25) is 0 Å². The van der Waals surface area contributed by atoms with Crippen molar-refractivity contribution in [2.45, 2.75) is 90.3 Å². The number of hydrogen-bond acceptors (Lipinski definition) is 11. The third-order valence-electron chi connectivity index (χ3n) is 6.98. The van der Waals surface area contributed by atoms with Crippen LogP contribution in [-0.4, -0.2) is 80.2 Å². The molecule has 2 aliphatic heterocycles. The monoisotopic (exact) mass is 633 g/mol.